The van der Waals surface area contributed by atoms with E-state index in [1.807, 2.05) is 0 Å². The molecule has 1 aliphatic heterocycles. The summed E-state index contributed by atoms with van der Waals surface area (Å²) in [6.45, 7) is 2.33. The number of fused-ring (bicyclic) bond motifs is 3. The van der Waals surface area contributed by atoms with Crippen LogP contribution in [0.2, 0.25) is 0 Å². The maximum absolute atomic E-state index is 13.8. The zero-order valence-electron chi connectivity index (χ0n) is 19.0. The summed E-state index contributed by atoms with van der Waals surface area (Å²) < 4.78 is 44.3. The van der Waals surface area contributed by atoms with Crippen LogP contribution < -0.4 is 5.73 Å². The molecule has 36 heavy (non-hydrogen) atoms. The highest BCUT2D eigenvalue weighted by Crippen LogP contribution is 2.32. The van der Waals surface area contributed by atoms with Crippen LogP contribution in [0.1, 0.15) is 51.7 Å². The Morgan fingerprint density at radius 2 is 1.86 bits per heavy atom. The lowest BCUT2D eigenvalue weighted by Gasteiger charge is -2.28. The summed E-state index contributed by atoms with van der Waals surface area (Å²) >= 11 is 0. The van der Waals surface area contributed by atoms with Crippen LogP contribution >= 0.6 is 0 Å². The van der Waals surface area contributed by atoms with Gasteiger partial charge in [0.2, 0.25) is 0 Å². The van der Waals surface area contributed by atoms with Crippen LogP contribution in [0.5, 0.6) is 0 Å². The third-order valence-electron chi connectivity index (χ3n) is 6.01. The lowest BCUT2D eigenvalue weighted by atomic mass is 10.0. The highest BCUT2D eigenvalue weighted by atomic mass is 19.4. The summed E-state index contributed by atoms with van der Waals surface area (Å²) in [5, 5.41) is 7.73. The lowest BCUT2D eigenvalue weighted by Crippen LogP contribution is -2.34. The molecule has 0 bridgehead atoms. The summed E-state index contributed by atoms with van der Waals surface area (Å²) in [6, 6.07) is 8.13. The number of carbonyl (C=O) groups is 1. The fourth-order valence-electron chi connectivity index (χ4n) is 4.09. The second-order valence-corrected chi connectivity index (χ2v) is 8.30. The Labute approximate surface area is 203 Å². The van der Waals surface area contributed by atoms with Crippen molar-refractivity contribution in [2.75, 3.05) is 5.73 Å². The molecule has 0 spiro atoms. The van der Waals surface area contributed by atoms with Crippen molar-refractivity contribution in [1.82, 2.24) is 30.0 Å². The molecule has 0 aliphatic carbocycles. The van der Waals surface area contributed by atoms with Crippen LogP contribution in [0.25, 0.3) is 10.9 Å². The molecule has 0 radical (unpaired) electrons. The van der Waals surface area contributed by atoms with E-state index in [4.69, 9.17) is 10.5 Å². The number of anilines is 1. The molecular weight excluding hydrogens is 475 g/mol. The summed E-state index contributed by atoms with van der Waals surface area (Å²) in [7, 11) is 0. The number of alkyl halides is 3. The fourth-order valence-corrected chi connectivity index (χ4v) is 4.09. The molecule has 1 aliphatic rings. The monoisotopic (exact) mass is 495 g/mol. The minimum Gasteiger partial charge on any atom is -0.383 e. The summed E-state index contributed by atoms with van der Waals surface area (Å²) in [6.07, 6.45) is -1.51. The number of hydrogen-bond donors (Lipinski definition) is 1. The minimum absolute atomic E-state index is 0.108. The van der Waals surface area contributed by atoms with Crippen LogP contribution in [-0.4, -0.2) is 36.0 Å². The van der Waals surface area contributed by atoms with Gasteiger partial charge in [-0.25, -0.2) is 15.0 Å². The van der Waals surface area contributed by atoms with Gasteiger partial charge in [0.05, 0.1) is 37.0 Å². The van der Waals surface area contributed by atoms with E-state index in [9.17, 15) is 18.0 Å². The van der Waals surface area contributed by atoms with Gasteiger partial charge in [-0.3, -0.25) is 4.79 Å². The first-order valence-electron chi connectivity index (χ1n) is 11.0. The molecule has 184 valence electrons. The summed E-state index contributed by atoms with van der Waals surface area (Å²) in [5.41, 5.74) is 7.79. The third-order valence-corrected chi connectivity index (χ3v) is 6.01. The van der Waals surface area contributed by atoms with Crippen LogP contribution in [0, 0.1) is 0 Å². The van der Waals surface area contributed by atoms with Crippen molar-refractivity contribution >= 4 is 22.6 Å². The van der Waals surface area contributed by atoms with E-state index in [0.717, 1.165) is 22.6 Å². The highest BCUT2D eigenvalue weighted by molar-refractivity contribution is 5.99. The van der Waals surface area contributed by atoms with E-state index >= 15 is 0 Å². The van der Waals surface area contributed by atoms with Crippen molar-refractivity contribution in [1.29, 1.82) is 0 Å². The first-order valence-corrected chi connectivity index (χ1v) is 11.0. The van der Waals surface area contributed by atoms with Gasteiger partial charge >= 0.3 is 6.18 Å². The smallest absolute Gasteiger partial charge is 0.383 e. The van der Waals surface area contributed by atoms with Gasteiger partial charge in [0, 0.05) is 28.9 Å². The standard InChI is InChI=1S/C24H20F3N7O2/c1-13(22-29-7-2-8-30-22)34(10-15-4-6-20(33-32-15)24(25,26)27)23(35)14-3-5-19-16(9-14)17-11-36-12-18(17)21(28)31-19/h2-9,13H,10-12H2,1H3,(H2,28,31). The SMILES string of the molecule is CC(c1ncccn1)N(Cc1ccc(C(F)(F)F)nn1)C(=O)c1ccc2nc(N)c3c(c2c1)COC3. The molecule has 12 heteroatoms. The molecule has 9 nitrogen and oxygen atoms in total. The largest absolute Gasteiger partial charge is 0.435 e. The Morgan fingerprint density at radius 1 is 1.11 bits per heavy atom. The van der Waals surface area contributed by atoms with Crippen LogP contribution in [0.15, 0.2) is 48.8 Å². The molecule has 4 aromatic rings. The predicted octanol–water partition coefficient (Wildman–Crippen LogP) is 3.85. The second kappa shape index (κ2) is 9.11. The van der Waals surface area contributed by atoms with Crippen LogP contribution in [-0.2, 0) is 30.7 Å². The van der Waals surface area contributed by atoms with Crippen molar-refractivity contribution in [3.8, 4) is 0 Å². The number of halogens is 3. The van der Waals surface area contributed by atoms with Crippen molar-refractivity contribution in [3.63, 3.8) is 0 Å². The molecule has 0 saturated heterocycles. The van der Waals surface area contributed by atoms with Gasteiger partial charge in [0.25, 0.3) is 5.91 Å². The quantitative estimate of drug-likeness (QED) is 0.443. The topological polar surface area (TPSA) is 120 Å². The molecule has 1 aromatic carbocycles. The number of carbonyl (C=O) groups excluding carboxylic acids is 1. The zero-order valence-corrected chi connectivity index (χ0v) is 19.0. The summed E-state index contributed by atoms with van der Waals surface area (Å²) in [5.74, 6) is 0.379. The van der Waals surface area contributed by atoms with Crippen LogP contribution in [0.4, 0.5) is 19.0 Å². The third kappa shape index (κ3) is 4.42. The predicted molar refractivity (Wildman–Crippen MR) is 122 cm³/mol. The number of nitrogens with zero attached hydrogens (tertiary/aromatic N) is 6. The Hall–Kier alpha value is -4.19. The maximum atomic E-state index is 13.8. The Kier molecular flexibility index (Phi) is 5.96. The van der Waals surface area contributed by atoms with Crippen LogP contribution in [0.3, 0.4) is 0 Å². The Bertz CT molecular complexity index is 1430. The Morgan fingerprint density at radius 3 is 2.56 bits per heavy atom. The Balaban J connectivity index is 1.53. The average Bonchev–Trinajstić information content (AvgIpc) is 3.38. The van der Waals surface area contributed by atoms with Crippen molar-refractivity contribution < 1.29 is 22.7 Å². The maximum Gasteiger partial charge on any atom is 0.435 e. The fraction of sp³-hybridized carbons (Fsp3) is 0.250. The van der Waals surface area contributed by atoms with Crippen molar-refractivity contribution in [3.05, 3.63) is 82.7 Å². The number of nitrogens with two attached hydrogens (primary N) is 1. The first-order chi connectivity index (χ1) is 17.2. The number of nitrogen functional groups attached to an aromatic ring is 1. The highest BCUT2D eigenvalue weighted by Gasteiger charge is 2.33. The van der Waals surface area contributed by atoms with E-state index in [1.165, 1.54) is 11.0 Å². The number of hydrogen-bond acceptors (Lipinski definition) is 8. The van der Waals surface area contributed by atoms with E-state index in [0.29, 0.717) is 35.9 Å². The molecule has 1 amide bonds. The van der Waals surface area contributed by atoms with Gasteiger partial charge in [-0.1, -0.05) is 0 Å². The summed E-state index contributed by atoms with van der Waals surface area (Å²) in [4.78, 5) is 28.1. The van der Waals surface area contributed by atoms with E-state index in [2.05, 4.69) is 25.1 Å². The molecule has 1 unspecified atom stereocenters. The van der Waals surface area contributed by atoms with E-state index in [-0.39, 0.29) is 18.1 Å². The van der Waals surface area contributed by atoms with E-state index < -0.39 is 17.9 Å². The number of pyridine rings is 1. The van der Waals surface area contributed by atoms with Gasteiger partial charge < -0.3 is 15.4 Å². The van der Waals surface area contributed by atoms with Gasteiger partial charge in [-0.2, -0.15) is 18.3 Å². The normalized spacial score (nSPS) is 14.0. The van der Waals surface area contributed by atoms with Gasteiger partial charge in [0.1, 0.15) is 11.6 Å². The number of rotatable bonds is 5. The minimum atomic E-state index is -4.61. The zero-order chi connectivity index (χ0) is 25.4. The van der Waals surface area contributed by atoms with Gasteiger partial charge in [0.15, 0.2) is 5.69 Å². The van der Waals surface area contributed by atoms with Gasteiger partial charge in [-0.05, 0) is 48.9 Å². The molecule has 5 rings (SSSR count). The number of aromatic nitrogens is 5. The van der Waals surface area contributed by atoms with Gasteiger partial charge in [-0.15, -0.1) is 5.10 Å². The average molecular weight is 495 g/mol. The van der Waals surface area contributed by atoms with Crippen molar-refractivity contribution in [2.24, 2.45) is 0 Å². The number of amides is 1. The molecular formula is C24H20F3N7O2. The molecule has 4 heterocycles. The molecule has 3 aromatic heterocycles. The first kappa shape index (κ1) is 23.5. The number of benzene rings is 1. The second-order valence-electron chi connectivity index (χ2n) is 8.30. The van der Waals surface area contributed by atoms with E-state index in [1.54, 1.807) is 43.6 Å². The lowest BCUT2D eigenvalue weighted by molar-refractivity contribution is -0.141. The molecule has 1 atom stereocenters. The molecule has 0 fully saturated rings. The molecule has 2 N–H and O–H groups in total. The van der Waals surface area contributed by atoms with Crippen molar-refractivity contribution in [2.45, 2.75) is 38.9 Å². The molecule has 0 saturated carbocycles. The number of ether oxygens (including phenoxy) is 1.